The van der Waals surface area contributed by atoms with Gasteiger partial charge in [0.15, 0.2) is 0 Å². The van der Waals surface area contributed by atoms with Gasteiger partial charge in [0.1, 0.15) is 11.6 Å². The first-order valence-corrected chi connectivity index (χ1v) is 6.94. The average molecular weight is 314 g/mol. The molecule has 0 unspecified atom stereocenters. The van der Waals surface area contributed by atoms with Crippen LogP contribution in [0.1, 0.15) is 19.8 Å². The minimum absolute atomic E-state index is 0.0218. The maximum Gasteiger partial charge on any atom is 0.223 e. The third-order valence-corrected chi connectivity index (χ3v) is 2.99. The molecule has 122 valence electrons. The van der Waals surface area contributed by atoms with Gasteiger partial charge in [0.2, 0.25) is 11.8 Å². The Morgan fingerprint density at radius 1 is 1.32 bits per heavy atom. The van der Waals surface area contributed by atoms with Gasteiger partial charge < -0.3 is 15.0 Å². The summed E-state index contributed by atoms with van der Waals surface area (Å²) in [4.78, 5) is 24.4. The van der Waals surface area contributed by atoms with E-state index in [-0.39, 0.29) is 24.6 Å². The Kier molecular flexibility index (Phi) is 7.45. The van der Waals surface area contributed by atoms with Crippen molar-refractivity contribution in [3.8, 4) is 0 Å². The Bertz CT molecular complexity index is 524. The Morgan fingerprint density at radius 2 is 2.05 bits per heavy atom. The summed E-state index contributed by atoms with van der Waals surface area (Å²) >= 11 is 0. The zero-order valence-electron chi connectivity index (χ0n) is 12.7. The second kappa shape index (κ2) is 9.09. The highest BCUT2D eigenvalue weighted by molar-refractivity contribution is 5.92. The zero-order valence-corrected chi connectivity index (χ0v) is 12.7. The molecule has 2 amide bonds. The normalized spacial score (nSPS) is 10.4. The number of carbonyl (C=O) groups is 2. The minimum atomic E-state index is -0.837. The van der Waals surface area contributed by atoms with Crippen LogP contribution in [0.15, 0.2) is 18.2 Å². The molecule has 0 aromatic heterocycles. The molecule has 0 heterocycles. The van der Waals surface area contributed by atoms with Crippen LogP contribution < -0.4 is 10.2 Å². The van der Waals surface area contributed by atoms with Gasteiger partial charge >= 0.3 is 0 Å². The summed E-state index contributed by atoms with van der Waals surface area (Å²) < 4.78 is 31.5. The zero-order chi connectivity index (χ0) is 16.5. The number of anilines is 1. The second-order valence-electron chi connectivity index (χ2n) is 4.71. The van der Waals surface area contributed by atoms with Gasteiger partial charge in [-0.2, -0.15) is 0 Å². The third-order valence-electron chi connectivity index (χ3n) is 2.99. The summed E-state index contributed by atoms with van der Waals surface area (Å²) in [7, 11) is 1.57. The molecule has 0 aliphatic heterocycles. The van der Waals surface area contributed by atoms with E-state index in [0.717, 1.165) is 11.0 Å². The van der Waals surface area contributed by atoms with Crippen molar-refractivity contribution < 1.29 is 23.1 Å². The predicted molar refractivity (Wildman–Crippen MR) is 78.5 cm³/mol. The first-order chi connectivity index (χ1) is 10.5. The van der Waals surface area contributed by atoms with Crippen molar-refractivity contribution >= 4 is 17.5 Å². The molecule has 22 heavy (non-hydrogen) atoms. The van der Waals surface area contributed by atoms with Gasteiger partial charge in [-0.25, -0.2) is 8.78 Å². The molecule has 0 bridgehead atoms. The van der Waals surface area contributed by atoms with Crippen molar-refractivity contribution in [1.82, 2.24) is 5.32 Å². The number of hydrogen-bond acceptors (Lipinski definition) is 3. The number of halogens is 2. The first kappa shape index (κ1) is 18.0. The molecule has 1 aromatic rings. The summed E-state index contributed by atoms with van der Waals surface area (Å²) in [5, 5.41) is 2.68. The highest BCUT2D eigenvalue weighted by Gasteiger charge is 2.17. The number of nitrogens with one attached hydrogen (secondary N) is 1. The van der Waals surface area contributed by atoms with Gasteiger partial charge in [0.25, 0.3) is 0 Å². The van der Waals surface area contributed by atoms with Crippen molar-refractivity contribution in [2.75, 3.05) is 31.7 Å². The molecule has 0 aliphatic rings. The lowest BCUT2D eigenvalue weighted by Gasteiger charge is -2.21. The van der Waals surface area contributed by atoms with Crippen LogP contribution in [0.3, 0.4) is 0 Å². The van der Waals surface area contributed by atoms with E-state index in [1.54, 1.807) is 7.11 Å². The van der Waals surface area contributed by atoms with Crippen molar-refractivity contribution in [2.24, 2.45) is 0 Å². The van der Waals surface area contributed by atoms with Crippen LogP contribution >= 0.6 is 0 Å². The Morgan fingerprint density at radius 3 is 2.64 bits per heavy atom. The number of hydrogen-bond donors (Lipinski definition) is 1. The van der Waals surface area contributed by atoms with Gasteiger partial charge in [0, 0.05) is 46.2 Å². The quantitative estimate of drug-likeness (QED) is 0.745. The van der Waals surface area contributed by atoms with E-state index in [1.807, 2.05) is 0 Å². The van der Waals surface area contributed by atoms with E-state index in [9.17, 15) is 18.4 Å². The monoisotopic (exact) mass is 314 g/mol. The van der Waals surface area contributed by atoms with E-state index in [0.29, 0.717) is 25.6 Å². The standard InChI is InChI=1S/C15H20F2N2O3/c1-11(20)19(14-5-4-12(16)10-13(14)17)8-6-15(21)18-7-3-9-22-2/h4-5,10H,3,6-9H2,1-2H3,(H,18,21). The van der Waals surface area contributed by atoms with Crippen LogP contribution in [0.2, 0.25) is 0 Å². The molecule has 5 nitrogen and oxygen atoms in total. The first-order valence-electron chi connectivity index (χ1n) is 6.94. The number of amides is 2. The fourth-order valence-electron chi connectivity index (χ4n) is 1.89. The Hall–Kier alpha value is -2.02. The number of carbonyl (C=O) groups excluding carboxylic acids is 2. The van der Waals surface area contributed by atoms with E-state index < -0.39 is 17.5 Å². The topological polar surface area (TPSA) is 58.6 Å². The maximum atomic E-state index is 13.7. The Labute approximate surface area is 128 Å². The molecule has 0 aliphatic carbocycles. The molecule has 1 aromatic carbocycles. The smallest absolute Gasteiger partial charge is 0.223 e. The molecule has 0 atom stereocenters. The number of ether oxygens (including phenoxy) is 1. The number of methoxy groups -OCH3 is 1. The fraction of sp³-hybridized carbons (Fsp3) is 0.467. The van der Waals surface area contributed by atoms with Crippen molar-refractivity contribution in [3.63, 3.8) is 0 Å². The van der Waals surface area contributed by atoms with Crippen molar-refractivity contribution in [1.29, 1.82) is 0 Å². The van der Waals surface area contributed by atoms with Gasteiger partial charge in [-0.05, 0) is 18.6 Å². The molecule has 0 radical (unpaired) electrons. The molecule has 0 saturated heterocycles. The molecule has 7 heteroatoms. The van der Waals surface area contributed by atoms with Crippen molar-refractivity contribution in [2.45, 2.75) is 19.8 Å². The molecule has 1 N–H and O–H groups in total. The summed E-state index contributed by atoms with van der Waals surface area (Å²) in [6.07, 6.45) is 0.717. The third kappa shape index (κ3) is 5.77. The molecule has 0 spiro atoms. The molecule has 1 rings (SSSR count). The van der Waals surface area contributed by atoms with E-state index in [4.69, 9.17) is 4.74 Å². The summed E-state index contributed by atoms with van der Waals surface area (Å²) in [5.74, 6) is -2.22. The lowest BCUT2D eigenvalue weighted by molar-refractivity contribution is -0.121. The highest BCUT2D eigenvalue weighted by Crippen LogP contribution is 2.20. The molecule has 0 fully saturated rings. The lowest BCUT2D eigenvalue weighted by atomic mass is 10.2. The molecular weight excluding hydrogens is 294 g/mol. The Balaban J connectivity index is 2.58. The van der Waals surface area contributed by atoms with Crippen LogP contribution in [0.25, 0.3) is 0 Å². The van der Waals surface area contributed by atoms with E-state index in [2.05, 4.69) is 5.32 Å². The van der Waals surface area contributed by atoms with Crippen molar-refractivity contribution in [3.05, 3.63) is 29.8 Å². The van der Waals surface area contributed by atoms with Crippen LogP contribution in [0, 0.1) is 11.6 Å². The van der Waals surface area contributed by atoms with Gasteiger partial charge in [0.05, 0.1) is 5.69 Å². The van der Waals surface area contributed by atoms with E-state index >= 15 is 0 Å². The summed E-state index contributed by atoms with van der Waals surface area (Å²) in [6.45, 7) is 2.30. The molecular formula is C15H20F2N2O3. The lowest BCUT2D eigenvalue weighted by Crippen LogP contribution is -2.34. The van der Waals surface area contributed by atoms with Gasteiger partial charge in [-0.3, -0.25) is 9.59 Å². The minimum Gasteiger partial charge on any atom is -0.385 e. The van der Waals surface area contributed by atoms with E-state index in [1.165, 1.54) is 13.0 Å². The van der Waals surface area contributed by atoms with Crippen LogP contribution in [-0.2, 0) is 14.3 Å². The summed E-state index contributed by atoms with van der Waals surface area (Å²) in [6, 6.07) is 2.96. The SMILES string of the molecule is COCCCNC(=O)CCN(C(C)=O)c1ccc(F)cc1F. The maximum absolute atomic E-state index is 13.7. The number of benzene rings is 1. The fourth-order valence-corrected chi connectivity index (χ4v) is 1.89. The molecule has 0 saturated carbocycles. The van der Waals surface area contributed by atoms with Gasteiger partial charge in [-0.15, -0.1) is 0 Å². The predicted octanol–water partition coefficient (Wildman–Crippen LogP) is 1.86. The van der Waals surface area contributed by atoms with Crippen LogP contribution in [0.5, 0.6) is 0 Å². The van der Waals surface area contributed by atoms with Gasteiger partial charge in [-0.1, -0.05) is 0 Å². The van der Waals surface area contributed by atoms with Crippen LogP contribution in [-0.4, -0.2) is 38.6 Å². The number of rotatable bonds is 8. The van der Waals surface area contributed by atoms with Crippen LogP contribution in [0.4, 0.5) is 14.5 Å². The number of nitrogens with zero attached hydrogens (tertiary/aromatic N) is 1. The average Bonchev–Trinajstić information content (AvgIpc) is 2.45. The largest absolute Gasteiger partial charge is 0.385 e. The second-order valence-corrected chi connectivity index (χ2v) is 4.71. The summed E-state index contributed by atoms with van der Waals surface area (Å²) in [5.41, 5.74) is -0.0407. The highest BCUT2D eigenvalue weighted by atomic mass is 19.1.